The molecular formula is C22H26N2O3. The largest absolute Gasteiger partial charge is 0.497 e. The first-order valence-corrected chi connectivity index (χ1v) is 9.29. The van der Waals surface area contributed by atoms with Crippen LogP contribution < -0.4 is 15.0 Å². The van der Waals surface area contributed by atoms with Crippen LogP contribution in [0.5, 0.6) is 5.75 Å². The van der Waals surface area contributed by atoms with Gasteiger partial charge in [-0.25, -0.2) is 0 Å². The predicted molar refractivity (Wildman–Crippen MR) is 106 cm³/mol. The van der Waals surface area contributed by atoms with Crippen LogP contribution in [0.3, 0.4) is 0 Å². The van der Waals surface area contributed by atoms with Crippen molar-refractivity contribution >= 4 is 17.5 Å². The summed E-state index contributed by atoms with van der Waals surface area (Å²) in [5.74, 6) is 0.704. The quantitative estimate of drug-likeness (QED) is 0.851. The first-order valence-electron chi connectivity index (χ1n) is 9.29. The number of hydrogen-bond donors (Lipinski definition) is 1. The van der Waals surface area contributed by atoms with E-state index in [1.807, 2.05) is 48.5 Å². The van der Waals surface area contributed by atoms with Gasteiger partial charge in [0.05, 0.1) is 13.0 Å². The number of benzene rings is 2. The summed E-state index contributed by atoms with van der Waals surface area (Å²) in [5, 5.41) is 2.95. The van der Waals surface area contributed by atoms with Crippen LogP contribution in [0.2, 0.25) is 0 Å². The van der Waals surface area contributed by atoms with Gasteiger partial charge in [0.2, 0.25) is 11.8 Å². The third-order valence-corrected chi connectivity index (χ3v) is 4.97. The van der Waals surface area contributed by atoms with Crippen molar-refractivity contribution in [2.45, 2.75) is 32.7 Å². The molecule has 5 nitrogen and oxygen atoms in total. The molecule has 0 spiro atoms. The molecule has 0 aromatic heterocycles. The maximum atomic E-state index is 12.6. The highest BCUT2D eigenvalue weighted by atomic mass is 16.5. The van der Waals surface area contributed by atoms with E-state index in [0.29, 0.717) is 19.0 Å². The zero-order valence-corrected chi connectivity index (χ0v) is 16.1. The minimum absolute atomic E-state index is 0.00713. The molecule has 0 aliphatic carbocycles. The predicted octanol–water partition coefficient (Wildman–Crippen LogP) is 3.49. The smallest absolute Gasteiger partial charge is 0.227 e. The summed E-state index contributed by atoms with van der Waals surface area (Å²) >= 11 is 0. The van der Waals surface area contributed by atoms with Crippen LogP contribution in [0, 0.1) is 5.92 Å². The number of methoxy groups -OCH3 is 1. The third-order valence-electron chi connectivity index (χ3n) is 4.97. The Kier molecular flexibility index (Phi) is 5.79. The number of nitrogens with zero attached hydrogens (tertiary/aromatic N) is 1. The Morgan fingerprint density at radius 2 is 1.89 bits per heavy atom. The Balaban J connectivity index is 1.63. The van der Waals surface area contributed by atoms with Gasteiger partial charge >= 0.3 is 0 Å². The van der Waals surface area contributed by atoms with Crippen molar-refractivity contribution in [2.75, 3.05) is 18.6 Å². The van der Waals surface area contributed by atoms with Gasteiger partial charge in [-0.1, -0.05) is 44.2 Å². The Morgan fingerprint density at radius 3 is 2.56 bits per heavy atom. The molecule has 2 aromatic carbocycles. The van der Waals surface area contributed by atoms with Gasteiger partial charge in [0.15, 0.2) is 0 Å². The van der Waals surface area contributed by atoms with Gasteiger partial charge in [-0.2, -0.15) is 0 Å². The Hall–Kier alpha value is -2.82. The van der Waals surface area contributed by atoms with Crippen molar-refractivity contribution in [3.05, 3.63) is 59.7 Å². The second-order valence-corrected chi connectivity index (χ2v) is 7.18. The molecule has 5 heteroatoms. The molecule has 2 aromatic rings. The number of hydrogen-bond acceptors (Lipinski definition) is 3. The summed E-state index contributed by atoms with van der Waals surface area (Å²) in [6.45, 7) is 5.09. The number of nitrogens with one attached hydrogen (secondary N) is 1. The van der Waals surface area contributed by atoms with E-state index in [1.165, 1.54) is 0 Å². The van der Waals surface area contributed by atoms with Crippen molar-refractivity contribution in [1.29, 1.82) is 0 Å². The van der Waals surface area contributed by atoms with E-state index in [0.717, 1.165) is 22.6 Å². The fourth-order valence-corrected chi connectivity index (χ4v) is 3.41. The molecule has 2 amide bonds. The van der Waals surface area contributed by atoms with Gasteiger partial charge in [-0.15, -0.1) is 0 Å². The lowest BCUT2D eigenvalue weighted by molar-refractivity contribution is -0.126. The molecular weight excluding hydrogens is 340 g/mol. The normalized spacial score (nSPS) is 16.7. The van der Waals surface area contributed by atoms with Crippen LogP contribution >= 0.6 is 0 Å². The minimum atomic E-state index is -0.323. The highest BCUT2D eigenvalue weighted by molar-refractivity contribution is 6.00. The molecule has 1 saturated heterocycles. The van der Waals surface area contributed by atoms with E-state index in [9.17, 15) is 9.59 Å². The van der Waals surface area contributed by atoms with E-state index >= 15 is 0 Å². The molecule has 0 radical (unpaired) electrons. The van der Waals surface area contributed by atoms with E-state index in [2.05, 4.69) is 19.2 Å². The average Bonchev–Trinajstić information content (AvgIpc) is 3.08. The second kappa shape index (κ2) is 8.25. The van der Waals surface area contributed by atoms with Crippen LogP contribution in [0.25, 0.3) is 0 Å². The molecule has 0 saturated carbocycles. The number of rotatable bonds is 6. The lowest BCUT2D eigenvalue weighted by Gasteiger charge is -2.22. The van der Waals surface area contributed by atoms with Crippen LogP contribution in [0.15, 0.2) is 48.5 Å². The molecule has 142 valence electrons. The first kappa shape index (κ1) is 19.0. The molecule has 1 heterocycles. The van der Waals surface area contributed by atoms with Crippen molar-refractivity contribution in [3.63, 3.8) is 0 Å². The summed E-state index contributed by atoms with van der Waals surface area (Å²) in [6, 6.07) is 15.5. The van der Waals surface area contributed by atoms with Crippen LogP contribution in [-0.2, 0) is 16.1 Å². The number of ether oxygens (including phenoxy) is 1. The van der Waals surface area contributed by atoms with E-state index < -0.39 is 0 Å². The maximum Gasteiger partial charge on any atom is 0.227 e. The Bertz CT molecular complexity index is 815. The van der Waals surface area contributed by atoms with Crippen LogP contribution in [-0.4, -0.2) is 25.5 Å². The van der Waals surface area contributed by atoms with E-state index in [-0.39, 0.29) is 24.2 Å². The molecule has 0 bridgehead atoms. The second-order valence-electron chi connectivity index (χ2n) is 7.18. The summed E-state index contributed by atoms with van der Waals surface area (Å²) in [7, 11) is 1.62. The molecule has 1 fully saturated rings. The number of para-hydroxylation sites is 1. The Morgan fingerprint density at radius 1 is 1.19 bits per heavy atom. The fourth-order valence-electron chi connectivity index (χ4n) is 3.41. The summed E-state index contributed by atoms with van der Waals surface area (Å²) in [5.41, 5.74) is 3.04. The lowest BCUT2D eigenvalue weighted by Crippen LogP contribution is -2.32. The Labute approximate surface area is 160 Å². The average molecular weight is 366 g/mol. The summed E-state index contributed by atoms with van der Waals surface area (Å²) in [4.78, 5) is 26.9. The van der Waals surface area contributed by atoms with E-state index in [1.54, 1.807) is 12.0 Å². The van der Waals surface area contributed by atoms with E-state index in [4.69, 9.17) is 4.74 Å². The zero-order chi connectivity index (χ0) is 19.4. The monoisotopic (exact) mass is 366 g/mol. The molecule has 1 aliphatic heterocycles. The molecule has 1 N–H and O–H groups in total. The van der Waals surface area contributed by atoms with Gasteiger partial charge in [0.25, 0.3) is 0 Å². The first-order chi connectivity index (χ1) is 13.0. The third kappa shape index (κ3) is 4.30. The highest BCUT2D eigenvalue weighted by Crippen LogP contribution is 2.32. The summed E-state index contributed by atoms with van der Waals surface area (Å²) in [6.07, 6.45) is 0.251. The molecule has 1 atom stereocenters. The standard InChI is InChI=1S/C22H26N2O3/c1-15(2)19-6-4-5-7-20(19)24-14-17(12-21(24)25)22(26)23-13-16-8-10-18(27-3)11-9-16/h4-11,15,17H,12-14H2,1-3H3,(H,23,26). The topological polar surface area (TPSA) is 58.6 Å². The SMILES string of the molecule is COc1ccc(CNC(=O)C2CC(=O)N(c3ccccc3C(C)C)C2)cc1. The molecule has 1 aliphatic rings. The molecule has 3 rings (SSSR count). The van der Waals surface area contributed by atoms with Gasteiger partial charge in [0, 0.05) is 25.2 Å². The van der Waals surface area contributed by atoms with Gasteiger partial charge in [-0.05, 0) is 35.2 Å². The lowest BCUT2D eigenvalue weighted by atomic mass is 10.0. The van der Waals surface area contributed by atoms with Gasteiger partial charge in [0.1, 0.15) is 5.75 Å². The van der Waals surface area contributed by atoms with Crippen molar-refractivity contribution in [3.8, 4) is 5.75 Å². The molecule has 1 unspecified atom stereocenters. The minimum Gasteiger partial charge on any atom is -0.497 e. The van der Waals surface area contributed by atoms with Crippen LogP contribution in [0.4, 0.5) is 5.69 Å². The van der Waals surface area contributed by atoms with Crippen molar-refractivity contribution in [1.82, 2.24) is 5.32 Å². The fraction of sp³-hybridized carbons (Fsp3) is 0.364. The van der Waals surface area contributed by atoms with Crippen LogP contribution in [0.1, 0.15) is 37.3 Å². The highest BCUT2D eigenvalue weighted by Gasteiger charge is 2.35. The van der Waals surface area contributed by atoms with Crippen molar-refractivity contribution in [2.24, 2.45) is 5.92 Å². The zero-order valence-electron chi connectivity index (χ0n) is 16.1. The number of carbonyl (C=O) groups excluding carboxylic acids is 2. The maximum absolute atomic E-state index is 12.6. The number of carbonyl (C=O) groups is 2. The molecule has 27 heavy (non-hydrogen) atoms. The summed E-state index contributed by atoms with van der Waals surface area (Å²) < 4.78 is 5.14. The van der Waals surface area contributed by atoms with Gasteiger partial charge < -0.3 is 15.0 Å². The number of anilines is 1. The van der Waals surface area contributed by atoms with Gasteiger partial charge in [-0.3, -0.25) is 9.59 Å². The number of amides is 2. The van der Waals surface area contributed by atoms with Crippen molar-refractivity contribution < 1.29 is 14.3 Å².